The summed E-state index contributed by atoms with van der Waals surface area (Å²) < 4.78 is 5.40. The SMILES string of the molecule is O=C(NCCCC(=O)N(CCCN1CCOCC1)Cc1ccncc1)c1cccs1. The average Bonchev–Trinajstić information content (AvgIpc) is 3.32. The van der Waals surface area contributed by atoms with Crippen LogP contribution in [0.2, 0.25) is 0 Å². The lowest BCUT2D eigenvalue weighted by Crippen LogP contribution is -2.39. The topological polar surface area (TPSA) is 74.8 Å². The van der Waals surface area contributed by atoms with Crippen molar-refractivity contribution >= 4 is 23.2 Å². The van der Waals surface area contributed by atoms with Gasteiger partial charge in [0, 0.05) is 58.1 Å². The summed E-state index contributed by atoms with van der Waals surface area (Å²) in [4.78, 5) is 33.9. The first-order valence-electron chi connectivity index (χ1n) is 10.5. The maximum Gasteiger partial charge on any atom is 0.261 e. The molecular weight excluding hydrogens is 400 g/mol. The van der Waals surface area contributed by atoms with Crippen LogP contribution in [0.1, 0.15) is 34.5 Å². The fourth-order valence-electron chi connectivity index (χ4n) is 3.40. The summed E-state index contributed by atoms with van der Waals surface area (Å²) in [6, 6.07) is 7.56. The largest absolute Gasteiger partial charge is 0.379 e. The first-order valence-corrected chi connectivity index (χ1v) is 11.4. The molecule has 3 heterocycles. The first-order chi connectivity index (χ1) is 14.7. The fraction of sp³-hybridized carbons (Fsp3) is 0.500. The number of rotatable bonds is 11. The van der Waals surface area contributed by atoms with Crippen LogP contribution in [0.15, 0.2) is 42.0 Å². The van der Waals surface area contributed by atoms with Gasteiger partial charge in [-0.05, 0) is 42.0 Å². The van der Waals surface area contributed by atoms with Gasteiger partial charge in [0.1, 0.15) is 0 Å². The molecule has 1 N–H and O–H groups in total. The van der Waals surface area contributed by atoms with Crippen LogP contribution >= 0.6 is 11.3 Å². The molecule has 1 aliphatic heterocycles. The van der Waals surface area contributed by atoms with E-state index in [-0.39, 0.29) is 11.8 Å². The number of pyridine rings is 1. The lowest BCUT2D eigenvalue weighted by molar-refractivity contribution is -0.132. The maximum atomic E-state index is 12.9. The van der Waals surface area contributed by atoms with Gasteiger partial charge in [-0.2, -0.15) is 0 Å². The molecule has 0 unspecified atom stereocenters. The highest BCUT2D eigenvalue weighted by Gasteiger charge is 2.16. The molecular formula is C22H30N4O3S. The van der Waals surface area contributed by atoms with Crippen molar-refractivity contribution in [2.75, 3.05) is 45.9 Å². The lowest BCUT2D eigenvalue weighted by Gasteiger charge is -2.28. The molecule has 0 aromatic carbocycles. The molecule has 2 aromatic heterocycles. The Bertz CT molecular complexity index is 764. The van der Waals surface area contributed by atoms with Gasteiger partial charge in [-0.1, -0.05) is 6.07 Å². The van der Waals surface area contributed by atoms with Gasteiger partial charge in [0.15, 0.2) is 0 Å². The zero-order valence-electron chi connectivity index (χ0n) is 17.3. The Labute approximate surface area is 182 Å². The molecule has 0 atom stereocenters. The minimum atomic E-state index is -0.0726. The Balaban J connectivity index is 1.44. The third-order valence-electron chi connectivity index (χ3n) is 5.08. The van der Waals surface area contributed by atoms with Crippen molar-refractivity contribution in [2.45, 2.75) is 25.8 Å². The van der Waals surface area contributed by atoms with E-state index in [0.717, 1.165) is 51.4 Å². The molecule has 162 valence electrons. The van der Waals surface area contributed by atoms with Crippen molar-refractivity contribution in [3.05, 3.63) is 52.5 Å². The van der Waals surface area contributed by atoms with E-state index in [2.05, 4.69) is 15.2 Å². The summed E-state index contributed by atoms with van der Waals surface area (Å²) in [6.45, 7) is 6.28. The monoisotopic (exact) mass is 430 g/mol. The molecule has 7 nitrogen and oxygen atoms in total. The number of thiophene rings is 1. The molecule has 30 heavy (non-hydrogen) atoms. The van der Waals surface area contributed by atoms with E-state index in [0.29, 0.717) is 30.8 Å². The van der Waals surface area contributed by atoms with Crippen LogP contribution in [0, 0.1) is 0 Å². The summed E-state index contributed by atoms with van der Waals surface area (Å²) in [6.07, 6.45) is 5.50. The van der Waals surface area contributed by atoms with Crippen LogP contribution in [0.4, 0.5) is 0 Å². The van der Waals surface area contributed by atoms with Crippen LogP contribution < -0.4 is 5.32 Å². The van der Waals surface area contributed by atoms with Crippen molar-refractivity contribution in [1.82, 2.24) is 20.1 Å². The number of carbonyl (C=O) groups excluding carboxylic acids is 2. The summed E-state index contributed by atoms with van der Waals surface area (Å²) in [7, 11) is 0. The first kappa shape index (κ1) is 22.4. The third-order valence-corrected chi connectivity index (χ3v) is 5.95. The Kier molecular flexibility index (Phi) is 9.27. The lowest BCUT2D eigenvalue weighted by atomic mass is 10.2. The van der Waals surface area contributed by atoms with Gasteiger partial charge < -0.3 is 15.0 Å². The van der Waals surface area contributed by atoms with Gasteiger partial charge >= 0.3 is 0 Å². The number of carbonyl (C=O) groups is 2. The highest BCUT2D eigenvalue weighted by atomic mass is 32.1. The molecule has 1 aliphatic rings. The van der Waals surface area contributed by atoms with Crippen LogP contribution in [-0.2, 0) is 16.1 Å². The number of nitrogens with zero attached hydrogens (tertiary/aromatic N) is 3. The van der Waals surface area contributed by atoms with Crippen LogP contribution in [-0.4, -0.2) is 72.5 Å². The summed E-state index contributed by atoms with van der Waals surface area (Å²) >= 11 is 1.42. The molecule has 0 radical (unpaired) electrons. The smallest absolute Gasteiger partial charge is 0.261 e. The molecule has 3 rings (SSSR count). The maximum absolute atomic E-state index is 12.9. The third kappa shape index (κ3) is 7.51. The number of nitrogens with one attached hydrogen (secondary N) is 1. The fourth-order valence-corrected chi connectivity index (χ4v) is 4.05. The minimum Gasteiger partial charge on any atom is -0.379 e. The van der Waals surface area contributed by atoms with E-state index in [1.165, 1.54) is 11.3 Å². The average molecular weight is 431 g/mol. The van der Waals surface area contributed by atoms with E-state index in [9.17, 15) is 9.59 Å². The predicted octanol–water partition coefficient (Wildman–Crippen LogP) is 2.40. The molecule has 2 amide bonds. The van der Waals surface area contributed by atoms with Gasteiger partial charge in [0.2, 0.25) is 5.91 Å². The molecule has 0 spiro atoms. The molecule has 8 heteroatoms. The summed E-state index contributed by atoms with van der Waals surface area (Å²) in [5, 5.41) is 4.77. The Hall–Kier alpha value is -2.29. The van der Waals surface area contributed by atoms with Crippen LogP contribution in [0.5, 0.6) is 0 Å². The Morgan fingerprint density at radius 1 is 1.17 bits per heavy atom. The molecule has 0 bridgehead atoms. The second-order valence-corrected chi connectivity index (χ2v) is 8.26. The van der Waals surface area contributed by atoms with E-state index in [1.54, 1.807) is 18.5 Å². The van der Waals surface area contributed by atoms with Gasteiger partial charge in [-0.15, -0.1) is 11.3 Å². The van der Waals surface area contributed by atoms with Gasteiger partial charge in [0.25, 0.3) is 5.91 Å². The summed E-state index contributed by atoms with van der Waals surface area (Å²) in [5.74, 6) is 0.0516. The normalized spacial score (nSPS) is 14.4. The Morgan fingerprint density at radius 3 is 2.70 bits per heavy atom. The van der Waals surface area contributed by atoms with Crippen molar-refractivity contribution < 1.29 is 14.3 Å². The highest BCUT2D eigenvalue weighted by molar-refractivity contribution is 7.12. The van der Waals surface area contributed by atoms with Gasteiger partial charge in [-0.3, -0.25) is 19.5 Å². The number of morpholine rings is 1. The molecule has 0 aliphatic carbocycles. The highest BCUT2D eigenvalue weighted by Crippen LogP contribution is 2.10. The molecule has 0 saturated carbocycles. The number of ether oxygens (including phenoxy) is 1. The number of amides is 2. The van der Waals surface area contributed by atoms with E-state index in [1.807, 2.05) is 28.5 Å². The zero-order valence-corrected chi connectivity index (χ0v) is 18.1. The molecule has 1 fully saturated rings. The van der Waals surface area contributed by atoms with E-state index >= 15 is 0 Å². The van der Waals surface area contributed by atoms with Gasteiger partial charge in [-0.25, -0.2) is 0 Å². The standard InChI is InChI=1S/C22H30N4O3S/c27-21(5-1-8-24-22(28)20-4-2-17-30-20)26(18-19-6-9-23-10-7-19)12-3-11-25-13-15-29-16-14-25/h2,4,6-7,9-10,17H,1,3,5,8,11-16,18H2,(H,24,28). The van der Waals surface area contributed by atoms with Crippen LogP contribution in [0.3, 0.4) is 0 Å². The number of hydrogen-bond donors (Lipinski definition) is 1. The second kappa shape index (κ2) is 12.4. The minimum absolute atomic E-state index is 0.0726. The van der Waals surface area contributed by atoms with Crippen LogP contribution in [0.25, 0.3) is 0 Å². The van der Waals surface area contributed by atoms with E-state index < -0.39 is 0 Å². The van der Waals surface area contributed by atoms with E-state index in [4.69, 9.17) is 4.74 Å². The number of hydrogen-bond acceptors (Lipinski definition) is 6. The van der Waals surface area contributed by atoms with Crippen molar-refractivity contribution in [3.8, 4) is 0 Å². The zero-order chi connectivity index (χ0) is 21.0. The van der Waals surface area contributed by atoms with Gasteiger partial charge in [0.05, 0.1) is 18.1 Å². The summed E-state index contributed by atoms with van der Waals surface area (Å²) in [5.41, 5.74) is 1.08. The van der Waals surface area contributed by atoms with Crippen molar-refractivity contribution in [2.24, 2.45) is 0 Å². The Morgan fingerprint density at radius 2 is 1.97 bits per heavy atom. The second-order valence-electron chi connectivity index (χ2n) is 7.32. The number of aromatic nitrogens is 1. The predicted molar refractivity (Wildman–Crippen MR) is 117 cm³/mol. The quantitative estimate of drug-likeness (QED) is 0.554. The molecule has 1 saturated heterocycles. The van der Waals surface area contributed by atoms with Crippen molar-refractivity contribution in [3.63, 3.8) is 0 Å². The van der Waals surface area contributed by atoms with Crippen molar-refractivity contribution in [1.29, 1.82) is 0 Å². The molecule has 2 aromatic rings.